The Morgan fingerprint density at radius 1 is 0.974 bits per heavy atom. The van der Waals surface area contributed by atoms with Crippen molar-refractivity contribution in [1.29, 1.82) is 0 Å². The summed E-state index contributed by atoms with van der Waals surface area (Å²) in [5.41, 5.74) is 5.21. The van der Waals surface area contributed by atoms with Crippen molar-refractivity contribution in [2.24, 2.45) is 5.10 Å². The lowest BCUT2D eigenvalue weighted by atomic mass is 10.1. The zero-order valence-corrected chi connectivity index (χ0v) is 22.5. The van der Waals surface area contributed by atoms with Crippen molar-refractivity contribution in [2.45, 2.75) is 6.92 Å². The molecule has 2 N–H and O–H groups in total. The summed E-state index contributed by atoms with van der Waals surface area (Å²) in [5.74, 6) is 0.514. The van der Waals surface area contributed by atoms with Gasteiger partial charge in [-0.3, -0.25) is 14.7 Å². The summed E-state index contributed by atoms with van der Waals surface area (Å²) in [6.07, 6.45) is 0. The van der Waals surface area contributed by atoms with Crippen LogP contribution in [0.4, 0.5) is 0 Å². The van der Waals surface area contributed by atoms with Crippen molar-refractivity contribution in [3.63, 3.8) is 0 Å². The molecule has 0 aliphatic carbocycles. The van der Waals surface area contributed by atoms with Gasteiger partial charge < -0.3 is 14.2 Å². The quantitative estimate of drug-likeness (QED) is 0.218. The topological polar surface area (TPSA) is 120 Å². The molecule has 198 valence electrons. The standard InChI is InChI=1S/C28H25N5O5S/c1-16(30-31-26(34)18-14-20(36-2)25(38-4)21(15-18)37-3)23-24(17-10-6-5-7-11-17)32-33(27(23)35)28-29-19-12-8-9-13-22(19)39-28/h5-15,32H,1-4H3,(H,31,34). The molecule has 0 aliphatic rings. The van der Waals surface area contributed by atoms with Gasteiger partial charge in [0, 0.05) is 11.1 Å². The van der Waals surface area contributed by atoms with Crippen LogP contribution < -0.4 is 25.2 Å². The smallest absolute Gasteiger partial charge is 0.283 e. The fraction of sp³-hybridized carbons (Fsp3) is 0.143. The highest BCUT2D eigenvalue weighted by molar-refractivity contribution is 7.20. The Kier molecular flexibility index (Phi) is 7.15. The molecule has 5 aromatic rings. The molecule has 0 saturated heterocycles. The van der Waals surface area contributed by atoms with Gasteiger partial charge in [0.05, 0.1) is 48.5 Å². The van der Waals surface area contributed by atoms with Gasteiger partial charge in [-0.25, -0.2) is 10.4 Å². The molecule has 0 atom stereocenters. The van der Waals surface area contributed by atoms with Crippen LogP contribution in [-0.2, 0) is 0 Å². The first kappa shape index (κ1) is 25.7. The van der Waals surface area contributed by atoms with Crippen molar-refractivity contribution in [1.82, 2.24) is 20.2 Å². The SMILES string of the molecule is COc1cc(C(=O)NN=C(C)c2c(-c3ccccc3)[nH]n(-c3nc4ccccc4s3)c2=O)cc(OC)c1OC. The number of aromatic amines is 1. The van der Waals surface area contributed by atoms with Crippen molar-refractivity contribution in [3.8, 4) is 33.6 Å². The molecule has 0 bridgehead atoms. The molecule has 10 nitrogen and oxygen atoms in total. The molecule has 0 radical (unpaired) electrons. The number of hydrogen-bond acceptors (Lipinski definition) is 8. The van der Waals surface area contributed by atoms with Crippen LogP contribution in [0.3, 0.4) is 0 Å². The number of fused-ring (bicyclic) bond motifs is 1. The molecule has 11 heteroatoms. The summed E-state index contributed by atoms with van der Waals surface area (Å²) in [4.78, 5) is 31.3. The maximum Gasteiger partial charge on any atom is 0.283 e. The number of H-pyrrole nitrogens is 1. The first-order valence-electron chi connectivity index (χ1n) is 11.9. The number of methoxy groups -OCH3 is 3. The van der Waals surface area contributed by atoms with Crippen LogP contribution in [0.25, 0.3) is 26.6 Å². The molecule has 1 amide bonds. The summed E-state index contributed by atoms with van der Waals surface area (Å²) >= 11 is 1.40. The van der Waals surface area contributed by atoms with Gasteiger partial charge in [-0.2, -0.15) is 9.78 Å². The van der Waals surface area contributed by atoms with E-state index in [1.807, 2.05) is 54.6 Å². The zero-order valence-electron chi connectivity index (χ0n) is 21.6. The summed E-state index contributed by atoms with van der Waals surface area (Å²) in [6.45, 7) is 1.66. The average Bonchev–Trinajstić information content (AvgIpc) is 3.56. The monoisotopic (exact) mass is 543 g/mol. The molecule has 0 aliphatic heterocycles. The van der Waals surface area contributed by atoms with E-state index >= 15 is 0 Å². The van der Waals surface area contributed by atoms with Gasteiger partial charge in [-0.1, -0.05) is 53.8 Å². The van der Waals surface area contributed by atoms with E-state index in [1.54, 1.807) is 6.92 Å². The lowest BCUT2D eigenvalue weighted by Crippen LogP contribution is -2.23. The van der Waals surface area contributed by atoms with Crippen LogP contribution in [0.2, 0.25) is 0 Å². The van der Waals surface area contributed by atoms with Crippen molar-refractivity contribution < 1.29 is 19.0 Å². The molecule has 5 rings (SSSR count). The van der Waals surface area contributed by atoms with Crippen molar-refractivity contribution in [3.05, 3.63) is 88.2 Å². The van der Waals surface area contributed by atoms with Gasteiger partial charge in [-0.15, -0.1) is 0 Å². The van der Waals surface area contributed by atoms with Crippen molar-refractivity contribution in [2.75, 3.05) is 21.3 Å². The van der Waals surface area contributed by atoms with Crippen LogP contribution in [0, 0.1) is 0 Å². The van der Waals surface area contributed by atoms with Crippen LogP contribution in [0.5, 0.6) is 17.2 Å². The molecule has 0 spiro atoms. The highest BCUT2D eigenvalue weighted by atomic mass is 32.1. The number of nitrogens with zero attached hydrogens (tertiary/aromatic N) is 3. The molecule has 0 unspecified atom stereocenters. The minimum atomic E-state index is -0.517. The molecular formula is C28H25N5O5S. The van der Waals surface area contributed by atoms with E-state index in [9.17, 15) is 9.59 Å². The second kappa shape index (κ2) is 10.8. The van der Waals surface area contributed by atoms with Crippen LogP contribution in [0.1, 0.15) is 22.8 Å². The van der Waals surface area contributed by atoms with Gasteiger partial charge in [-0.05, 0) is 31.2 Å². The van der Waals surface area contributed by atoms with Gasteiger partial charge in [0.25, 0.3) is 11.5 Å². The minimum Gasteiger partial charge on any atom is -0.493 e. The highest BCUT2D eigenvalue weighted by Crippen LogP contribution is 2.38. The number of amides is 1. The number of ether oxygens (including phenoxy) is 3. The van der Waals surface area contributed by atoms with Crippen LogP contribution >= 0.6 is 11.3 Å². The number of aromatic nitrogens is 3. The Morgan fingerprint density at radius 3 is 2.28 bits per heavy atom. The Hall–Kier alpha value is -4.90. The third kappa shape index (κ3) is 4.87. The number of nitrogens with one attached hydrogen (secondary N) is 2. The van der Waals surface area contributed by atoms with Crippen molar-refractivity contribution >= 4 is 33.2 Å². The first-order chi connectivity index (χ1) is 18.9. The summed E-state index contributed by atoms with van der Waals surface area (Å²) in [7, 11) is 4.42. The Balaban J connectivity index is 1.54. The lowest BCUT2D eigenvalue weighted by molar-refractivity contribution is 0.0954. The molecule has 2 aromatic heterocycles. The maximum atomic E-state index is 13.7. The lowest BCUT2D eigenvalue weighted by Gasteiger charge is -2.13. The van der Waals surface area contributed by atoms with E-state index in [-0.39, 0.29) is 11.1 Å². The molecule has 3 aromatic carbocycles. The molecule has 2 heterocycles. The van der Waals surface area contributed by atoms with Crippen LogP contribution in [0.15, 0.2) is 76.6 Å². The maximum absolute atomic E-state index is 13.7. The molecule has 39 heavy (non-hydrogen) atoms. The van der Waals surface area contributed by atoms with Gasteiger partial charge >= 0.3 is 0 Å². The third-order valence-corrected chi connectivity index (χ3v) is 7.06. The summed E-state index contributed by atoms with van der Waals surface area (Å²) in [6, 6.07) is 20.1. The van der Waals surface area contributed by atoms with E-state index in [4.69, 9.17) is 14.2 Å². The Morgan fingerprint density at radius 2 is 1.64 bits per heavy atom. The number of hydrogen-bond donors (Lipinski definition) is 2. The van der Waals surface area contributed by atoms with E-state index < -0.39 is 5.91 Å². The van der Waals surface area contributed by atoms with E-state index in [0.717, 1.165) is 15.8 Å². The number of rotatable bonds is 8. The predicted molar refractivity (Wildman–Crippen MR) is 151 cm³/mol. The number of thiazole rings is 1. The van der Waals surface area contributed by atoms with E-state index in [1.165, 1.54) is 49.5 Å². The Bertz CT molecular complexity index is 1700. The molecular weight excluding hydrogens is 518 g/mol. The number of benzene rings is 3. The first-order valence-corrected chi connectivity index (χ1v) is 12.7. The zero-order chi connectivity index (χ0) is 27.5. The van der Waals surface area contributed by atoms with Crippen LogP contribution in [-0.4, -0.2) is 47.7 Å². The summed E-state index contributed by atoms with van der Waals surface area (Å²) in [5, 5.41) is 7.97. The third-order valence-electron chi connectivity index (χ3n) is 6.04. The highest BCUT2D eigenvalue weighted by Gasteiger charge is 2.22. The minimum absolute atomic E-state index is 0.241. The van der Waals surface area contributed by atoms with Gasteiger partial charge in [0.15, 0.2) is 11.5 Å². The number of para-hydroxylation sites is 1. The van der Waals surface area contributed by atoms with Gasteiger partial charge in [0.1, 0.15) is 0 Å². The number of hydrazone groups is 1. The molecule has 0 saturated carbocycles. The van der Waals surface area contributed by atoms with Gasteiger partial charge in [0.2, 0.25) is 10.9 Å². The number of carbonyl (C=O) groups is 1. The second-order valence-corrected chi connectivity index (χ2v) is 9.39. The van der Waals surface area contributed by atoms with E-state index in [0.29, 0.717) is 39.3 Å². The Labute approximate surface area is 227 Å². The second-order valence-electron chi connectivity index (χ2n) is 8.38. The molecule has 0 fully saturated rings. The average molecular weight is 544 g/mol. The fourth-order valence-corrected chi connectivity index (χ4v) is 5.07. The van der Waals surface area contributed by atoms with E-state index in [2.05, 4.69) is 20.6 Å². The largest absolute Gasteiger partial charge is 0.493 e. The predicted octanol–water partition coefficient (Wildman–Crippen LogP) is 4.62. The summed E-state index contributed by atoms with van der Waals surface area (Å²) < 4.78 is 18.4. The number of carbonyl (C=O) groups excluding carboxylic acids is 1. The normalized spacial score (nSPS) is 11.4. The fourth-order valence-electron chi connectivity index (χ4n) is 4.14.